The van der Waals surface area contributed by atoms with Crippen LogP contribution < -0.4 is 5.32 Å². The van der Waals surface area contributed by atoms with E-state index in [9.17, 15) is 9.59 Å². The average Bonchev–Trinajstić information content (AvgIpc) is 2.45. The molecule has 0 aromatic heterocycles. The number of benzene rings is 1. The number of ketones is 1. The lowest BCUT2D eigenvalue weighted by atomic mass is 9.96. The van der Waals surface area contributed by atoms with E-state index in [4.69, 9.17) is 5.11 Å². The van der Waals surface area contributed by atoms with Crippen LogP contribution in [0.2, 0.25) is 0 Å². The third kappa shape index (κ3) is 5.31. The van der Waals surface area contributed by atoms with Crippen molar-refractivity contribution in [3.63, 3.8) is 0 Å². The number of carboxylic acid groups (broad SMARTS) is 1. The van der Waals surface area contributed by atoms with Crippen molar-refractivity contribution in [2.24, 2.45) is 0 Å². The van der Waals surface area contributed by atoms with Crippen LogP contribution in [0.25, 0.3) is 0 Å². The Morgan fingerprint density at radius 2 is 1.71 bits per heavy atom. The van der Waals surface area contributed by atoms with Gasteiger partial charge in [-0.2, -0.15) is 0 Å². The summed E-state index contributed by atoms with van der Waals surface area (Å²) in [5.74, 6) is -0.724. The van der Waals surface area contributed by atoms with Gasteiger partial charge in [0.15, 0.2) is 5.78 Å². The van der Waals surface area contributed by atoms with Gasteiger partial charge >= 0.3 is 5.97 Å². The predicted molar refractivity (Wildman–Crippen MR) is 83.8 cm³/mol. The minimum atomic E-state index is -0.969. The number of Topliss-reactive ketones (excluding diaryl/α,β-unsaturated/α-hetero) is 1. The lowest BCUT2D eigenvalue weighted by Gasteiger charge is -2.20. The Hall–Kier alpha value is -1.68. The van der Waals surface area contributed by atoms with Crippen LogP contribution in [-0.2, 0) is 4.79 Å². The van der Waals surface area contributed by atoms with Gasteiger partial charge in [-0.3, -0.25) is 9.59 Å². The van der Waals surface area contributed by atoms with Crippen LogP contribution in [0.1, 0.15) is 62.4 Å². The largest absolute Gasteiger partial charge is 0.481 e. The molecule has 0 spiro atoms. The van der Waals surface area contributed by atoms with Crippen LogP contribution in [0.5, 0.6) is 0 Å². The molecule has 0 aliphatic rings. The minimum absolute atomic E-state index is 0.105. The molecule has 1 aromatic rings. The topological polar surface area (TPSA) is 66.4 Å². The van der Waals surface area contributed by atoms with Gasteiger partial charge in [0.2, 0.25) is 0 Å². The van der Waals surface area contributed by atoms with Crippen molar-refractivity contribution in [3.8, 4) is 0 Å². The molecule has 2 atom stereocenters. The van der Waals surface area contributed by atoms with Crippen molar-refractivity contribution < 1.29 is 14.7 Å². The molecule has 4 heteroatoms. The van der Waals surface area contributed by atoms with Crippen molar-refractivity contribution in [1.29, 1.82) is 0 Å². The molecule has 2 N–H and O–H groups in total. The third-order valence-electron chi connectivity index (χ3n) is 3.66. The van der Waals surface area contributed by atoms with Crippen molar-refractivity contribution in [3.05, 3.63) is 35.4 Å². The van der Waals surface area contributed by atoms with E-state index in [1.54, 1.807) is 12.1 Å². The van der Waals surface area contributed by atoms with Gasteiger partial charge in [-0.1, -0.05) is 45.0 Å². The van der Waals surface area contributed by atoms with E-state index in [0.29, 0.717) is 11.5 Å². The SMILES string of the molecule is CCC(C)NC(CC(=O)O)C(=O)c1ccc(C(C)C)cc1. The first kappa shape index (κ1) is 17.4. The predicted octanol–water partition coefficient (Wildman–Crippen LogP) is 3.22. The lowest BCUT2D eigenvalue weighted by molar-refractivity contribution is -0.137. The normalized spacial score (nSPS) is 14.0. The number of carbonyl (C=O) groups excluding carboxylic acids is 1. The Kier molecular flexibility index (Phi) is 6.56. The van der Waals surface area contributed by atoms with Crippen molar-refractivity contribution >= 4 is 11.8 Å². The van der Waals surface area contributed by atoms with E-state index < -0.39 is 12.0 Å². The Balaban J connectivity index is 2.90. The summed E-state index contributed by atoms with van der Waals surface area (Å²) in [5, 5.41) is 12.1. The Morgan fingerprint density at radius 3 is 2.14 bits per heavy atom. The molecular weight excluding hydrogens is 266 g/mol. The average molecular weight is 291 g/mol. The monoisotopic (exact) mass is 291 g/mol. The summed E-state index contributed by atoms with van der Waals surface area (Å²) in [6, 6.07) is 6.85. The van der Waals surface area contributed by atoms with Gasteiger partial charge in [-0.15, -0.1) is 0 Å². The molecule has 0 bridgehead atoms. The maximum absolute atomic E-state index is 12.5. The molecule has 0 amide bonds. The number of carbonyl (C=O) groups is 2. The second kappa shape index (κ2) is 7.93. The first-order valence-electron chi connectivity index (χ1n) is 7.47. The van der Waals surface area contributed by atoms with E-state index in [1.165, 1.54) is 0 Å². The fourth-order valence-corrected chi connectivity index (χ4v) is 2.10. The Labute approximate surface area is 126 Å². The summed E-state index contributed by atoms with van der Waals surface area (Å²) in [7, 11) is 0. The van der Waals surface area contributed by atoms with E-state index in [0.717, 1.165) is 12.0 Å². The standard InChI is InChI=1S/C17H25NO3/c1-5-12(4)18-15(10-16(19)20)17(21)14-8-6-13(7-9-14)11(2)3/h6-9,11-12,15,18H,5,10H2,1-4H3,(H,19,20). The van der Waals surface area contributed by atoms with Crippen LogP contribution in [0.15, 0.2) is 24.3 Å². The first-order chi connectivity index (χ1) is 9.85. The number of rotatable bonds is 8. The zero-order valence-electron chi connectivity index (χ0n) is 13.2. The molecule has 0 aliphatic carbocycles. The van der Waals surface area contributed by atoms with Crippen LogP contribution in [0.3, 0.4) is 0 Å². The van der Waals surface area contributed by atoms with Crippen LogP contribution in [-0.4, -0.2) is 28.9 Å². The summed E-state index contributed by atoms with van der Waals surface area (Å²) in [6.07, 6.45) is 0.644. The van der Waals surface area contributed by atoms with Gasteiger partial charge < -0.3 is 10.4 Å². The zero-order chi connectivity index (χ0) is 16.0. The smallest absolute Gasteiger partial charge is 0.305 e. The number of hydrogen-bond acceptors (Lipinski definition) is 3. The summed E-state index contributed by atoms with van der Waals surface area (Å²) < 4.78 is 0. The maximum Gasteiger partial charge on any atom is 0.305 e. The van der Waals surface area contributed by atoms with E-state index >= 15 is 0 Å². The summed E-state index contributed by atoms with van der Waals surface area (Å²) in [6.45, 7) is 8.13. The van der Waals surface area contributed by atoms with E-state index in [1.807, 2.05) is 26.0 Å². The number of nitrogens with one attached hydrogen (secondary N) is 1. The molecule has 0 aliphatic heterocycles. The van der Waals surface area contributed by atoms with E-state index in [-0.39, 0.29) is 18.2 Å². The van der Waals surface area contributed by atoms with Gasteiger partial charge in [0.05, 0.1) is 12.5 Å². The van der Waals surface area contributed by atoms with Gasteiger partial charge in [-0.05, 0) is 24.8 Å². The van der Waals surface area contributed by atoms with Gasteiger partial charge in [0, 0.05) is 11.6 Å². The molecule has 21 heavy (non-hydrogen) atoms. The van der Waals surface area contributed by atoms with Gasteiger partial charge in [0.1, 0.15) is 0 Å². The second-order valence-corrected chi connectivity index (χ2v) is 5.77. The van der Waals surface area contributed by atoms with Gasteiger partial charge in [-0.25, -0.2) is 0 Å². The zero-order valence-corrected chi connectivity index (χ0v) is 13.2. The van der Waals surface area contributed by atoms with Crippen LogP contribution in [0.4, 0.5) is 0 Å². The molecular formula is C17H25NO3. The number of hydrogen-bond donors (Lipinski definition) is 2. The fraction of sp³-hybridized carbons (Fsp3) is 0.529. The molecule has 1 rings (SSSR count). The fourth-order valence-electron chi connectivity index (χ4n) is 2.10. The molecule has 0 fully saturated rings. The third-order valence-corrected chi connectivity index (χ3v) is 3.66. The Bertz CT molecular complexity index is 479. The molecule has 0 heterocycles. The van der Waals surface area contributed by atoms with Crippen molar-refractivity contribution in [2.45, 2.75) is 58.5 Å². The Morgan fingerprint density at radius 1 is 1.14 bits per heavy atom. The van der Waals surface area contributed by atoms with E-state index in [2.05, 4.69) is 19.2 Å². The van der Waals surface area contributed by atoms with Gasteiger partial charge in [0.25, 0.3) is 0 Å². The molecule has 1 aromatic carbocycles. The number of carboxylic acids is 1. The summed E-state index contributed by atoms with van der Waals surface area (Å²) in [5.41, 5.74) is 1.72. The second-order valence-electron chi connectivity index (χ2n) is 5.77. The molecule has 2 unspecified atom stereocenters. The minimum Gasteiger partial charge on any atom is -0.481 e. The highest BCUT2D eigenvalue weighted by Gasteiger charge is 2.24. The molecule has 0 saturated heterocycles. The maximum atomic E-state index is 12.5. The summed E-state index contributed by atoms with van der Waals surface area (Å²) >= 11 is 0. The molecule has 0 radical (unpaired) electrons. The van der Waals surface area contributed by atoms with Crippen molar-refractivity contribution in [1.82, 2.24) is 5.32 Å². The molecule has 0 saturated carbocycles. The molecule has 4 nitrogen and oxygen atoms in total. The van der Waals surface area contributed by atoms with Crippen LogP contribution >= 0.6 is 0 Å². The van der Waals surface area contributed by atoms with Crippen molar-refractivity contribution in [2.75, 3.05) is 0 Å². The highest BCUT2D eigenvalue weighted by Crippen LogP contribution is 2.16. The summed E-state index contributed by atoms with van der Waals surface area (Å²) in [4.78, 5) is 23.5. The highest BCUT2D eigenvalue weighted by molar-refractivity contribution is 6.01. The number of aliphatic carboxylic acids is 1. The quantitative estimate of drug-likeness (QED) is 0.722. The first-order valence-corrected chi connectivity index (χ1v) is 7.47. The lowest BCUT2D eigenvalue weighted by Crippen LogP contribution is -2.43. The molecule has 116 valence electrons. The highest BCUT2D eigenvalue weighted by atomic mass is 16.4. The van der Waals surface area contributed by atoms with Crippen LogP contribution in [0, 0.1) is 0 Å².